The highest BCUT2D eigenvalue weighted by Crippen LogP contribution is 2.27. The summed E-state index contributed by atoms with van der Waals surface area (Å²) in [5.74, 6) is -8.97. The van der Waals surface area contributed by atoms with E-state index in [1.807, 2.05) is 68.4 Å². The Morgan fingerprint density at radius 1 is 0.463 bits per heavy atom. The molecule has 0 bridgehead atoms. The molecule has 546 valence electrons. The molecule has 0 aromatic rings. The standard InChI is InChI=1S/C70H128N12O12S/c1-27-31-33-47(17)59(83)58-63(87)73-50(28-2)65(89)79(24)55(40-95-35-32-34-82(29-3)30-4)68(92)75(20)52(37-42(7)8)62(86)74-56(45(13)14)69(93)76(21)51(36-41(5)6)61(85)71-48(18)60(84)72-49(19)64(88)77(22)53(38-43(9)10)66(90)78(23)54(39-44(11)12)67(91)80(25)57(46(15)16)70(94)81(58)26/h27,31,41-59,83H,28-30,32-40H2,1-26H3,(H,71,85)(H,72,84)(H,73,87)(H,74,86)/t47-,48-,49+,50-,51-,52+,53-,54-,55-,56-,57-,58-,59-/m1/s1. The van der Waals surface area contributed by atoms with Gasteiger partial charge < -0.3 is 65.6 Å². The molecule has 0 saturated carbocycles. The van der Waals surface area contributed by atoms with Gasteiger partial charge in [-0.3, -0.25) is 52.7 Å². The molecule has 25 heteroatoms. The lowest BCUT2D eigenvalue weighted by Crippen LogP contribution is -2.64. The Bertz CT molecular complexity index is 2550. The van der Waals surface area contributed by atoms with Crippen molar-refractivity contribution in [2.75, 3.05) is 80.5 Å². The van der Waals surface area contributed by atoms with E-state index in [0.717, 1.165) is 31.0 Å². The molecular formula is C70H128N12O12S. The first-order valence-corrected chi connectivity index (χ1v) is 35.9. The van der Waals surface area contributed by atoms with Crippen molar-refractivity contribution in [2.45, 2.75) is 249 Å². The Morgan fingerprint density at radius 2 is 0.874 bits per heavy atom. The van der Waals surface area contributed by atoms with Crippen molar-refractivity contribution in [3.8, 4) is 0 Å². The normalized spacial score (nSPS) is 26.2. The van der Waals surface area contributed by atoms with Crippen molar-refractivity contribution >= 4 is 76.7 Å². The van der Waals surface area contributed by atoms with Crippen LogP contribution < -0.4 is 21.3 Å². The summed E-state index contributed by atoms with van der Waals surface area (Å²) in [7, 11) is 10.2. The first-order chi connectivity index (χ1) is 44.1. The van der Waals surface area contributed by atoms with Gasteiger partial charge in [0, 0.05) is 55.1 Å². The second kappa shape index (κ2) is 41.4. The third kappa shape index (κ3) is 25.5. The van der Waals surface area contributed by atoms with Crippen LogP contribution in [0.5, 0.6) is 0 Å². The van der Waals surface area contributed by atoms with Crippen molar-refractivity contribution in [1.29, 1.82) is 0 Å². The average molecular weight is 1360 g/mol. The van der Waals surface area contributed by atoms with E-state index in [2.05, 4.69) is 40.0 Å². The minimum atomic E-state index is -1.63. The van der Waals surface area contributed by atoms with E-state index >= 15 is 28.8 Å². The zero-order valence-corrected chi connectivity index (χ0v) is 63.9. The predicted molar refractivity (Wildman–Crippen MR) is 377 cm³/mol. The summed E-state index contributed by atoms with van der Waals surface area (Å²) in [4.78, 5) is 175. The summed E-state index contributed by atoms with van der Waals surface area (Å²) in [6, 6.07) is -13.7. The summed E-state index contributed by atoms with van der Waals surface area (Å²) in [6.07, 6.45) is 3.79. The van der Waals surface area contributed by atoms with E-state index in [4.69, 9.17) is 0 Å². The number of hydrogen-bond donors (Lipinski definition) is 5. The SMILES string of the molecule is CC=CC[C@@H](C)[C@@H](O)[C@@H]1C(=O)N[C@H](CC)C(=O)N(C)[C@H](CSCCCN(CC)CC)C(=O)N(C)[C@@H](CC(C)C)C(=O)N[C@H](C(C)C)C(=O)N(C)[C@H](CC(C)C)C(=O)N[C@H](C)C(=O)N[C@@H](C)C(=O)N(C)[C@H](CC(C)C)C(=O)N(C)[C@H](CC(C)C)C(=O)N(C)[C@H](C(C)C)C(=O)N1C. The quantitative estimate of drug-likeness (QED) is 0.0658. The van der Waals surface area contributed by atoms with E-state index in [-0.39, 0.29) is 61.5 Å². The van der Waals surface area contributed by atoms with Crippen LogP contribution in [-0.4, -0.2) is 262 Å². The van der Waals surface area contributed by atoms with Crippen LogP contribution in [0.15, 0.2) is 12.2 Å². The maximum atomic E-state index is 15.4. The van der Waals surface area contributed by atoms with E-state index in [9.17, 15) is 29.1 Å². The first kappa shape index (κ1) is 87.2. The minimum Gasteiger partial charge on any atom is -0.390 e. The topological polar surface area (TPSA) is 282 Å². The zero-order valence-electron chi connectivity index (χ0n) is 63.0. The van der Waals surface area contributed by atoms with E-state index in [0.29, 0.717) is 12.2 Å². The third-order valence-electron chi connectivity index (χ3n) is 18.3. The molecule has 0 aromatic heterocycles. The van der Waals surface area contributed by atoms with Gasteiger partial charge in [-0.2, -0.15) is 11.8 Å². The molecule has 1 rings (SSSR count). The zero-order chi connectivity index (χ0) is 73.4. The van der Waals surface area contributed by atoms with Gasteiger partial charge in [-0.15, -0.1) is 0 Å². The van der Waals surface area contributed by atoms with Gasteiger partial charge in [0.1, 0.15) is 66.5 Å². The minimum absolute atomic E-state index is 0.0127. The number of rotatable bonds is 23. The molecule has 0 radical (unpaired) electrons. The number of carbonyl (C=O) groups excluding carboxylic acids is 11. The number of aliphatic hydroxyl groups excluding tert-OH is 1. The maximum Gasteiger partial charge on any atom is 0.246 e. The molecule has 11 amide bonds. The maximum absolute atomic E-state index is 15.4. The van der Waals surface area contributed by atoms with Gasteiger partial charge in [-0.05, 0) is 133 Å². The molecule has 13 atom stereocenters. The fourth-order valence-electron chi connectivity index (χ4n) is 12.1. The van der Waals surface area contributed by atoms with Crippen molar-refractivity contribution in [3.05, 3.63) is 12.2 Å². The molecule has 1 fully saturated rings. The molecule has 1 aliphatic rings. The van der Waals surface area contributed by atoms with E-state index < -0.39 is 155 Å². The van der Waals surface area contributed by atoms with Gasteiger partial charge in [0.25, 0.3) is 0 Å². The molecule has 0 aromatic carbocycles. The second-order valence-corrected chi connectivity index (χ2v) is 29.9. The van der Waals surface area contributed by atoms with Crippen molar-refractivity contribution in [1.82, 2.24) is 60.5 Å². The Balaban J connectivity index is 4.55. The van der Waals surface area contributed by atoms with Gasteiger partial charge in [-0.25, -0.2) is 0 Å². The van der Waals surface area contributed by atoms with Crippen LogP contribution in [0.1, 0.15) is 176 Å². The lowest BCUT2D eigenvalue weighted by Gasteiger charge is -2.41. The largest absolute Gasteiger partial charge is 0.390 e. The molecule has 0 aliphatic carbocycles. The van der Waals surface area contributed by atoms with Crippen LogP contribution in [-0.2, 0) is 52.7 Å². The summed E-state index contributed by atoms with van der Waals surface area (Å²) in [5, 5.41) is 23.6. The van der Waals surface area contributed by atoms with Crippen LogP contribution >= 0.6 is 11.8 Å². The van der Waals surface area contributed by atoms with Gasteiger partial charge >= 0.3 is 0 Å². The van der Waals surface area contributed by atoms with Crippen molar-refractivity contribution < 1.29 is 57.8 Å². The van der Waals surface area contributed by atoms with E-state index in [1.54, 1.807) is 47.6 Å². The summed E-state index contributed by atoms with van der Waals surface area (Å²) >= 11 is 1.46. The van der Waals surface area contributed by atoms with Gasteiger partial charge in [0.2, 0.25) is 65.0 Å². The number of likely N-dealkylation sites (N-methyl/N-ethyl adjacent to an activating group) is 7. The fraction of sp³-hybridized carbons (Fsp3) is 0.814. The monoisotopic (exact) mass is 1360 g/mol. The number of allylic oxidation sites excluding steroid dienone is 2. The molecule has 1 aliphatic heterocycles. The Morgan fingerprint density at radius 3 is 1.33 bits per heavy atom. The van der Waals surface area contributed by atoms with Crippen LogP contribution in [0.2, 0.25) is 0 Å². The summed E-state index contributed by atoms with van der Waals surface area (Å²) < 4.78 is 0. The lowest BCUT2D eigenvalue weighted by molar-refractivity contribution is -0.157. The molecule has 0 spiro atoms. The molecule has 0 unspecified atom stereocenters. The smallest absolute Gasteiger partial charge is 0.246 e. The predicted octanol–water partition coefficient (Wildman–Crippen LogP) is 5.10. The summed E-state index contributed by atoms with van der Waals surface area (Å²) in [6.45, 7) is 36.8. The Kier molecular flexibility index (Phi) is 38.0. The number of carbonyl (C=O) groups is 11. The average Bonchev–Trinajstić information content (AvgIpc) is 0.947. The van der Waals surface area contributed by atoms with E-state index in [1.165, 1.54) is 104 Å². The summed E-state index contributed by atoms with van der Waals surface area (Å²) in [5.41, 5.74) is 0. The number of thioether (sulfide) groups is 1. The van der Waals surface area contributed by atoms with Gasteiger partial charge in [0.05, 0.1) is 6.10 Å². The number of amides is 11. The van der Waals surface area contributed by atoms with Crippen molar-refractivity contribution in [2.24, 2.45) is 41.4 Å². The highest BCUT2D eigenvalue weighted by Gasteiger charge is 2.46. The molecule has 24 nitrogen and oxygen atoms in total. The van der Waals surface area contributed by atoms with Crippen LogP contribution in [0.25, 0.3) is 0 Å². The van der Waals surface area contributed by atoms with Crippen LogP contribution in [0.4, 0.5) is 0 Å². The number of hydrogen-bond acceptors (Lipinski definition) is 14. The lowest BCUT2D eigenvalue weighted by atomic mass is 9.91. The molecular weight excluding hydrogens is 1230 g/mol. The number of aliphatic hydroxyl groups is 1. The molecule has 5 N–H and O–H groups in total. The third-order valence-corrected chi connectivity index (χ3v) is 19.4. The highest BCUT2D eigenvalue weighted by atomic mass is 32.2. The van der Waals surface area contributed by atoms with Gasteiger partial charge in [-0.1, -0.05) is 123 Å². The number of nitrogens with one attached hydrogen (secondary N) is 4. The van der Waals surface area contributed by atoms with Crippen LogP contribution in [0.3, 0.4) is 0 Å². The second-order valence-electron chi connectivity index (χ2n) is 28.8. The Labute approximate surface area is 575 Å². The molecule has 95 heavy (non-hydrogen) atoms. The molecule has 1 heterocycles. The Hall–Kier alpha value is -5.82. The molecule has 1 saturated heterocycles. The van der Waals surface area contributed by atoms with Crippen LogP contribution in [0, 0.1) is 41.4 Å². The van der Waals surface area contributed by atoms with Crippen molar-refractivity contribution in [3.63, 3.8) is 0 Å². The fourth-order valence-corrected chi connectivity index (χ4v) is 13.2. The number of nitrogens with zero attached hydrogens (tertiary/aromatic N) is 8. The van der Waals surface area contributed by atoms with Gasteiger partial charge in [0.15, 0.2) is 0 Å². The first-order valence-electron chi connectivity index (χ1n) is 34.8. The highest BCUT2D eigenvalue weighted by molar-refractivity contribution is 7.99.